The molecule has 0 unspecified atom stereocenters. The van der Waals surface area contributed by atoms with E-state index in [1.165, 1.54) is 129 Å². The fourth-order valence-corrected chi connectivity index (χ4v) is 4.15. The highest BCUT2D eigenvalue weighted by Gasteiger charge is 2.27. The molecule has 0 aliphatic rings. The fraction of sp³-hybridized carbons (Fsp3) is 1.00. The fourth-order valence-electron chi connectivity index (χ4n) is 4.15. The van der Waals surface area contributed by atoms with Crippen molar-refractivity contribution >= 4 is 0 Å². The summed E-state index contributed by atoms with van der Waals surface area (Å²) in [5.74, 6) is 0. The third kappa shape index (κ3) is 15.1. The maximum atomic E-state index is 4.06. The minimum atomic E-state index is 0.446. The lowest BCUT2D eigenvalue weighted by Crippen LogP contribution is -2.45. The van der Waals surface area contributed by atoms with E-state index in [1.54, 1.807) is 0 Å². The molecule has 0 saturated heterocycles. The van der Waals surface area contributed by atoms with Crippen LogP contribution in [0.3, 0.4) is 0 Å². The second kappa shape index (κ2) is 19.7. The molecule has 0 aromatic carbocycles. The third-order valence-corrected chi connectivity index (χ3v) is 6.06. The molecule has 0 spiro atoms. The van der Waals surface area contributed by atoms with Gasteiger partial charge in [-0.05, 0) is 32.2 Å². The van der Waals surface area contributed by atoms with Gasteiger partial charge in [-0.3, -0.25) is 0 Å². The standard InChI is InChI=1S/C25H53N/c1-5-9-13-14-15-16-17-18-19-20-24-26-25(21-10-6-2,22-11-7-3)23-12-8-4/h26H,5-24H2,1-4H3. The maximum absolute atomic E-state index is 4.06. The van der Waals surface area contributed by atoms with E-state index < -0.39 is 0 Å². The van der Waals surface area contributed by atoms with Crippen molar-refractivity contribution in [2.75, 3.05) is 6.54 Å². The van der Waals surface area contributed by atoms with Gasteiger partial charge in [-0.25, -0.2) is 0 Å². The van der Waals surface area contributed by atoms with Gasteiger partial charge in [0.1, 0.15) is 0 Å². The van der Waals surface area contributed by atoms with Crippen LogP contribution in [0.25, 0.3) is 0 Å². The Morgan fingerprint density at radius 3 is 1.15 bits per heavy atom. The van der Waals surface area contributed by atoms with Crippen LogP contribution in [0.2, 0.25) is 0 Å². The van der Waals surface area contributed by atoms with Crippen LogP contribution in [0.15, 0.2) is 0 Å². The van der Waals surface area contributed by atoms with Crippen molar-refractivity contribution in [3.63, 3.8) is 0 Å². The van der Waals surface area contributed by atoms with E-state index in [9.17, 15) is 0 Å². The lowest BCUT2D eigenvalue weighted by molar-refractivity contribution is 0.240. The molecule has 0 aliphatic heterocycles. The summed E-state index contributed by atoms with van der Waals surface area (Å²) in [6.07, 6.45) is 26.7. The molecular formula is C25H53N. The SMILES string of the molecule is CCCCCCCCCCCCNC(CCCC)(CCCC)CCCC. The van der Waals surface area contributed by atoms with Gasteiger partial charge in [0.15, 0.2) is 0 Å². The Morgan fingerprint density at radius 1 is 0.423 bits per heavy atom. The molecule has 0 fully saturated rings. The minimum Gasteiger partial charge on any atom is -0.311 e. The van der Waals surface area contributed by atoms with Crippen molar-refractivity contribution in [1.29, 1.82) is 0 Å². The van der Waals surface area contributed by atoms with Crippen molar-refractivity contribution < 1.29 is 0 Å². The molecule has 158 valence electrons. The van der Waals surface area contributed by atoms with Crippen LogP contribution in [0, 0.1) is 0 Å². The zero-order chi connectivity index (χ0) is 19.3. The summed E-state index contributed by atoms with van der Waals surface area (Å²) < 4.78 is 0. The minimum absolute atomic E-state index is 0.446. The van der Waals surface area contributed by atoms with Crippen molar-refractivity contribution in [3.05, 3.63) is 0 Å². The molecule has 0 aromatic heterocycles. The summed E-state index contributed by atoms with van der Waals surface area (Å²) in [5, 5.41) is 4.06. The lowest BCUT2D eigenvalue weighted by Gasteiger charge is -2.36. The Hall–Kier alpha value is -0.0400. The summed E-state index contributed by atoms with van der Waals surface area (Å²) in [6.45, 7) is 10.6. The Bertz CT molecular complexity index is 239. The zero-order valence-electron chi connectivity index (χ0n) is 19.1. The third-order valence-electron chi connectivity index (χ3n) is 6.06. The molecule has 0 bridgehead atoms. The van der Waals surface area contributed by atoms with Gasteiger partial charge in [-0.15, -0.1) is 0 Å². The van der Waals surface area contributed by atoms with Crippen LogP contribution in [0.5, 0.6) is 0 Å². The monoisotopic (exact) mass is 367 g/mol. The molecule has 1 N–H and O–H groups in total. The van der Waals surface area contributed by atoms with Crippen LogP contribution in [-0.4, -0.2) is 12.1 Å². The molecular weight excluding hydrogens is 314 g/mol. The Morgan fingerprint density at radius 2 is 0.769 bits per heavy atom. The first-order valence-corrected chi connectivity index (χ1v) is 12.5. The largest absolute Gasteiger partial charge is 0.311 e. The molecule has 1 heteroatoms. The topological polar surface area (TPSA) is 12.0 Å². The molecule has 1 nitrogen and oxygen atoms in total. The number of hydrogen-bond acceptors (Lipinski definition) is 1. The molecule has 26 heavy (non-hydrogen) atoms. The second-order valence-corrected chi connectivity index (χ2v) is 8.70. The predicted molar refractivity (Wildman–Crippen MR) is 121 cm³/mol. The van der Waals surface area contributed by atoms with Crippen LogP contribution in [0.4, 0.5) is 0 Å². The van der Waals surface area contributed by atoms with Crippen LogP contribution >= 0.6 is 0 Å². The first-order valence-electron chi connectivity index (χ1n) is 12.5. The summed E-state index contributed by atoms with van der Waals surface area (Å²) in [4.78, 5) is 0. The summed E-state index contributed by atoms with van der Waals surface area (Å²) in [6, 6.07) is 0. The number of rotatable bonds is 21. The summed E-state index contributed by atoms with van der Waals surface area (Å²) in [5.41, 5.74) is 0.446. The second-order valence-electron chi connectivity index (χ2n) is 8.70. The van der Waals surface area contributed by atoms with E-state index >= 15 is 0 Å². The molecule has 0 rings (SSSR count). The van der Waals surface area contributed by atoms with Crippen LogP contribution < -0.4 is 5.32 Å². The van der Waals surface area contributed by atoms with Gasteiger partial charge in [-0.1, -0.05) is 124 Å². The van der Waals surface area contributed by atoms with Gasteiger partial charge in [0, 0.05) is 5.54 Å². The highest BCUT2D eigenvalue weighted by atomic mass is 15.0. The van der Waals surface area contributed by atoms with Gasteiger partial charge < -0.3 is 5.32 Å². The number of unbranched alkanes of at least 4 members (excludes halogenated alkanes) is 12. The molecule has 0 aliphatic carbocycles. The van der Waals surface area contributed by atoms with Crippen molar-refractivity contribution in [2.45, 2.75) is 155 Å². The van der Waals surface area contributed by atoms with E-state index in [-0.39, 0.29) is 0 Å². The molecule has 0 radical (unpaired) electrons. The highest BCUT2D eigenvalue weighted by molar-refractivity contribution is 4.87. The van der Waals surface area contributed by atoms with Gasteiger partial charge in [0.25, 0.3) is 0 Å². The van der Waals surface area contributed by atoms with Gasteiger partial charge in [-0.2, -0.15) is 0 Å². The maximum Gasteiger partial charge on any atom is 0.0181 e. The van der Waals surface area contributed by atoms with Crippen molar-refractivity contribution in [1.82, 2.24) is 5.32 Å². The van der Waals surface area contributed by atoms with Crippen LogP contribution in [-0.2, 0) is 0 Å². The molecule has 0 heterocycles. The van der Waals surface area contributed by atoms with Gasteiger partial charge >= 0.3 is 0 Å². The zero-order valence-corrected chi connectivity index (χ0v) is 19.1. The summed E-state index contributed by atoms with van der Waals surface area (Å²) in [7, 11) is 0. The average Bonchev–Trinajstić information content (AvgIpc) is 2.66. The van der Waals surface area contributed by atoms with E-state index in [4.69, 9.17) is 0 Å². The van der Waals surface area contributed by atoms with Gasteiger partial charge in [0.05, 0.1) is 0 Å². The number of hydrogen-bond donors (Lipinski definition) is 1. The van der Waals surface area contributed by atoms with Crippen LogP contribution in [0.1, 0.15) is 150 Å². The highest BCUT2D eigenvalue weighted by Crippen LogP contribution is 2.28. The van der Waals surface area contributed by atoms with Crippen molar-refractivity contribution in [3.8, 4) is 0 Å². The van der Waals surface area contributed by atoms with Gasteiger partial charge in [0.2, 0.25) is 0 Å². The Balaban J connectivity index is 3.95. The summed E-state index contributed by atoms with van der Waals surface area (Å²) >= 11 is 0. The smallest absolute Gasteiger partial charge is 0.0181 e. The molecule has 0 aromatic rings. The predicted octanol–water partition coefficient (Wildman–Crippen LogP) is 8.81. The molecule has 0 saturated carbocycles. The normalized spacial score (nSPS) is 12.0. The van der Waals surface area contributed by atoms with E-state index in [0.29, 0.717) is 5.54 Å². The Kier molecular flexibility index (Phi) is 19.7. The molecule has 0 amide bonds. The van der Waals surface area contributed by atoms with E-state index in [0.717, 1.165) is 0 Å². The van der Waals surface area contributed by atoms with Crippen molar-refractivity contribution in [2.24, 2.45) is 0 Å². The van der Waals surface area contributed by atoms with E-state index in [1.807, 2.05) is 0 Å². The first kappa shape index (κ1) is 26.0. The van der Waals surface area contributed by atoms with E-state index in [2.05, 4.69) is 33.0 Å². The lowest BCUT2D eigenvalue weighted by atomic mass is 9.82. The quantitative estimate of drug-likeness (QED) is 0.200. The number of nitrogens with one attached hydrogen (secondary N) is 1. The first-order chi connectivity index (χ1) is 12.7. The molecule has 0 atom stereocenters. The average molecular weight is 368 g/mol. The Labute approximate surface area is 167 Å².